The lowest BCUT2D eigenvalue weighted by Crippen LogP contribution is -2.11. The lowest BCUT2D eigenvalue weighted by molar-refractivity contribution is 0.590. The molecule has 0 aliphatic carbocycles. The van der Waals surface area contributed by atoms with Crippen LogP contribution in [0.1, 0.15) is 43.0 Å². The standard InChI is InChI=1S/C26H28N2/c1-18-10-15-22(19(2)16-18)25-27-23-8-6-7-9-24(23)28(25)17-20-11-13-21(14-12-20)26(3,4)5/h6-16H,17H2,1-5H3. The van der Waals surface area contributed by atoms with Crippen LogP contribution in [0.15, 0.2) is 66.7 Å². The number of hydrogen-bond acceptors (Lipinski definition) is 1. The summed E-state index contributed by atoms with van der Waals surface area (Å²) < 4.78 is 2.35. The first-order chi connectivity index (χ1) is 13.3. The predicted octanol–water partition coefficient (Wildman–Crippen LogP) is 6.67. The minimum Gasteiger partial charge on any atom is -0.319 e. The third kappa shape index (κ3) is 3.47. The van der Waals surface area contributed by atoms with E-state index in [1.807, 2.05) is 0 Å². The van der Waals surface area contributed by atoms with E-state index in [1.54, 1.807) is 0 Å². The Hall–Kier alpha value is -2.87. The Morgan fingerprint density at radius 3 is 2.25 bits per heavy atom. The van der Waals surface area contributed by atoms with E-state index in [4.69, 9.17) is 4.98 Å². The molecule has 0 bridgehead atoms. The van der Waals surface area contributed by atoms with Gasteiger partial charge in [0.25, 0.3) is 0 Å². The Morgan fingerprint density at radius 1 is 0.857 bits per heavy atom. The lowest BCUT2D eigenvalue weighted by atomic mass is 9.87. The van der Waals surface area contributed by atoms with Crippen LogP contribution in [0.2, 0.25) is 0 Å². The molecule has 1 heterocycles. The maximum Gasteiger partial charge on any atom is 0.141 e. The van der Waals surface area contributed by atoms with Gasteiger partial charge in [-0.25, -0.2) is 4.98 Å². The molecule has 142 valence electrons. The highest BCUT2D eigenvalue weighted by Crippen LogP contribution is 2.29. The van der Waals surface area contributed by atoms with Crippen molar-refractivity contribution in [2.75, 3.05) is 0 Å². The zero-order chi connectivity index (χ0) is 19.9. The molecule has 28 heavy (non-hydrogen) atoms. The second kappa shape index (κ2) is 6.94. The average molecular weight is 369 g/mol. The Morgan fingerprint density at radius 2 is 1.57 bits per heavy atom. The van der Waals surface area contributed by atoms with Crippen LogP contribution in [0.25, 0.3) is 22.4 Å². The molecule has 2 heteroatoms. The van der Waals surface area contributed by atoms with E-state index in [1.165, 1.54) is 33.3 Å². The zero-order valence-corrected chi connectivity index (χ0v) is 17.5. The summed E-state index contributed by atoms with van der Waals surface area (Å²) >= 11 is 0. The van der Waals surface area contributed by atoms with Crippen molar-refractivity contribution in [3.05, 3.63) is 89.0 Å². The summed E-state index contributed by atoms with van der Waals surface area (Å²) in [6.07, 6.45) is 0. The maximum atomic E-state index is 4.99. The molecule has 0 atom stereocenters. The van der Waals surface area contributed by atoms with Crippen molar-refractivity contribution in [3.63, 3.8) is 0 Å². The number of imidazole rings is 1. The van der Waals surface area contributed by atoms with E-state index in [9.17, 15) is 0 Å². The van der Waals surface area contributed by atoms with E-state index >= 15 is 0 Å². The van der Waals surface area contributed by atoms with Crippen LogP contribution in [-0.4, -0.2) is 9.55 Å². The largest absolute Gasteiger partial charge is 0.319 e. The summed E-state index contributed by atoms with van der Waals surface area (Å²) in [4.78, 5) is 4.99. The van der Waals surface area contributed by atoms with E-state index in [-0.39, 0.29) is 5.41 Å². The fraction of sp³-hybridized carbons (Fsp3) is 0.269. The molecule has 3 aromatic carbocycles. The van der Waals surface area contributed by atoms with E-state index < -0.39 is 0 Å². The van der Waals surface area contributed by atoms with Crippen molar-refractivity contribution >= 4 is 11.0 Å². The SMILES string of the molecule is Cc1ccc(-c2nc3ccccc3n2Cc2ccc(C(C)(C)C)cc2)c(C)c1. The summed E-state index contributed by atoms with van der Waals surface area (Å²) in [5.74, 6) is 1.04. The van der Waals surface area contributed by atoms with Crippen LogP contribution in [0.5, 0.6) is 0 Å². The Labute approximate surface area is 167 Å². The molecular weight excluding hydrogens is 340 g/mol. The first-order valence-corrected chi connectivity index (χ1v) is 9.95. The third-order valence-corrected chi connectivity index (χ3v) is 5.44. The van der Waals surface area contributed by atoms with Gasteiger partial charge in [-0.15, -0.1) is 0 Å². The molecule has 0 amide bonds. The van der Waals surface area contributed by atoms with Gasteiger partial charge in [-0.05, 0) is 48.1 Å². The molecule has 0 aliphatic rings. The second-order valence-corrected chi connectivity index (χ2v) is 8.78. The van der Waals surface area contributed by atoms with Crippen LogP contribution < -0.4 is 0 Å². The molecule has 0 N–H and O–H groups in total. The smallest absolute Gasteiger partial charge is 0.141 e. The zero-order valence-electron chi connectivity index (χ0n) is 17.5. The van der Waals surface area contributed by atoms with Crippen LogP contribution in [0.3, 0.4) is 0 Å². The van der Waals surface area contributed by atoms with Gasteiger partial charge in [-0.3, -0.25) is 0 Å². The van der Waals surface area contributed by atoms with Gasteiger partial charge in [-0.2, -0.15) is 0 Å². The van der Waals surface area contributed by atoms with Gasteiger partial charge in [0.2, 0.25) is 0 Å². The summed E-state index contributed by atoms with van der Waals surface area (Å²) in [6.45, 7) is 11.9. The molecule has 0 spiro atoms. The molecule has 0 saturated heterocycles. The number of fused-ring (bicyclic) bond motifs is 1. The minimum absolute atomic E-state index is 0.171. The number of aryl methyl sites for hydroxylation is 2. The fourth-order valence-electron chi connectivity index (χ4n) is 3.80. The van der Waals surface area contributed by atoms with Crippen molar-refractivity contribution in [1.29, 1.82) is 0 Å². The maximum absolute atomic E-state index is 4.99. The predicted molar refractivity (Wildman–Crippen MR) is 119 cm³/mol. The highest BCUT2D eigenvalue weighted by molar-refractivity contribution is 5.81. The molecule has 0 radical (unpaired) electrons. The summed E-state index contributed by atoms with van der Waals surface area (Å²) in [6, 6.07) is 24.0. The number of nitrogens with zero attached hydrogens (tertiary/aromatic N) is 2. The molecule has 4 rings (SSSR count). The normalized spacial score (nSPS) is 11.9. The highest BCUT2D eigenvalue weighted by Gasteiger charge is 2.16. The Bertz CT molecular complexity index is 1130. The van der Waals surface area contributed by atoms with Crippen LogP contribution in [-0.2, 0) is 12.0 Å². The Kier molecular flexibility index (Phi) is 4.58. The highest BCUT2D eigenvalue weighted by atomic mass is 15.1. The summed E-state index contributed by atoms with van der Waals surface area (Å²) in [5, 5.41) is 0. The van der Waals surface area contributed by atoms with Crippen molar-refractivity contribution in [2.45, 2.75) is 46.6 Å². The lowest BCUT2D eigenvalue weighted by Gasteiger charge is -2.19. The van der Waals surface area contributed by atoms with Crippen LogP contribution in [0, 0.1) is 13.8 Å². The van der Waals surface area contributed by atoms with Crippen molar-refractivity contribution in [1.82, 2.24) is 9.55 Å². The number of aromatic nitrogens is 2. The average Bonchev–Trinajstić information content (AvgIpc) is 3.00. The molecule has 0 unspecified atom stereocenters. The van der Waals surface area contributed by atoms with E-state index in [0.717, 1.165) is 17.9 Å². The van der Waals surface area contributed by atoms with E-state index in [0.29, 0.717) is 0 Å². The summed E-state index contributed by atoms with van der Waals surface area (Å²) in [5.41, 5.74) is 8.80. The summed E-state index contributed by atoms with van der Waals surface area (Å²) in [7, 11) is 0. The molecular formula is C26H28N2. The van der Waals surface area contributed by atoms with Gasteiger partial charge in [0.15, 0.2) is 0 Å². The van der Waals surface area contributed by atoms with Crippen molar-refractivity contribution < 1.29 is 0 Å². The number of benzene rings is 3. The van der Waals surface area contributed by atoms with Gasteiger partial charge >= 0.3 is 0 Å². The van der Waals surface area contributed by atoms with Crippen LogP contribution in [0.4, 0.5) is 0 Å². The fourth-order valence-corrected chi connectivity index (χ4v) is 3.80. The number of hydrogen-bond donors (Lipinski definition) is 0. The Balaban J connectivity index is 1.81. The van der Waals surface area contributed by atoms with Gasteiger partial charge in [0, 0.05) is 12.1 Å². The third-order valence-electron chi connectivity index (χ3n) is 5.44. The van der Waals surface area contributed by atoms with Gasteiger partial charge in [0.05, 0.1) is 11.0 Å². The quantitative estimate of drug-likeness (QED) is 0.395. The molecule has 2 nitrogen and oxygen atoms in total. The number of para-hydroxylation sites is 2. The molecule has 1 aromatic heterocycles. The minimum atomic E-state index is 0.171. The van der Waals surface area contributed by atoms with Gasteiger partial charge < -0.3 is 4.57 Å². The topological polar surface area (TPSA) is 17.8 Å². The van der Waals surface area contributed by atoms with Gasteiger partial charge in [-0.1, -0.05) is 80.9 Å². The first-order valence-electron chi connectivity index (χ1n) is 9.95. The molecule has 4 aromatic rings. The van der Waals surface area contributed by atoms with Gasteiger partial charge in [0.1, 0.15) is 5.82 Å². The molecule has 0 aliphatic heterocycles. The molecule has 0 saturated carbocycles. The van der Waals surface area contributed by atoms with Crippen molar-refractivity contribution in [3.8, 4) is 11.4 Å². The second-order valence-electron chi connectivity index (χ2n) is 8.78. The number of rotatable bonds is 3. The van der Waals surface area contributed by atoms with Crippen molar-refractivity contribution in [2.24, 2.45) is 0 Å². The molecule has 0 fully saturated rings. The first kappa shape index (κ1) is 18.5. The van der Waals surface area contributed by atoms with E-state index in [2.05, 4.69) is 106 Å². The van der Waals surface area contributed by atoms with Crippen LogP contribution >= 0.6 is 0 Å². The monoisotopic (exact) mass is 368 g/mol.